The number of amides is 1. The molecule has 2 heterocycles. The Kier molecular flexibility index (Phi) is 5.37. The second-order valence-corrected chi connectivity index (χ2v) is 7.66. The molecule has 0 spiro atoms. The Balaban J connectivity index is 1.60. The largest absolute Gasteiger partial charge is 0.323 e. The molecule has 0 fully saturated rings. The van der Waals surface area contributed by atoms with E-state index in [1.165, 1.54) is 18.3 Å². The Hall–Kier alpha value is -3.46. The molecule has 0 unspecified atom stereocenters. The van der Waals surface area contributed by atoms with Crippen molar-refractivity contribution in [3.63, 3.8) is 0 Å². The highest BCUT2D eigenvalue weighted by Gasteiger charge is 2.15. The van der Waals surface area contributed by atoms with Gasteiger partial charge in [0, 0.05) is 0 Å². The van der Waals surface area contributed by atoms with Crippen molar-refractivity contribution in [3.05, 3.63) is 76.0 Å². The van der Waals surface area contributed by atoms with Crippen molar-refractivity contribution in [2.24, 2.45) is 0 Å². The van der Waals surface area contributed by atoms with Gasteiger partial charge in [-0.3, -0.25) is 9.59 Å². The lowest BCUT2D eigenvalue weighted by Gasteiger charge is -2.09. The highest BCUT2D eigenvalue weighted by Crippen LogP contribution is 2.22. The van der Waals surface area contributed by atoms with E-state index in [0.29, 0.717) is 11.0 Å². The van der Waals surface area contributed by atoms with Gasteiger partial charge in [-0.25, -0.2) is 14.1 Å². The minimum Gasteiger partial charge on any atom is -0.323 e. The van der Waals surface area contributed by atoms with E-state index in [2.05, 4.69) is 20.4 Å². The summed E-state index contributed by atoms with van der Waals surface area (Å²) in [6.45, 7) is 3.98. The fraction of sp³-hybridized carbons (Fsp3) is 0.143. The minimum atomic E-state index is -0.513. The van der Waals surface area contributed by atoms with Crippen LogP contribution in [0.25, 0.3) is 16.7 Å². The lowest BCUT2D eigenvalue weighted by atomic mass is 10.1. The fourth-order valence-corrected chi connectivity index (χ4v) is 3.65. The summed E-state index contributed by atoms with van der Waals surface area (Å²) in [6.07, 6.45) is 1.47. The van der Waals surface area contributed by atoms with E-state index >= 15 is 0 Å². The summed E-state index contributed by atoms with van der Waals surface area (Å²) in [7, 11) is 0. The maximum Gasteiger partial charge on any atom is 0.262 e. The molecule has 152 valence electrons. The van der Waals surface area contributed by atoms with Gasteiger partial charge in [0.1, 0.15) is 11.2 Å². The van der Waals surface area contributed by atoms with E-state index in [0.717, 1.165) is 28.6 Å². The number of thioether (sulfide) groups is 1. The van der Waals surface area contributed by atoms with Crippen molar-refractivity contribution in [2.45, 2.75) is 19.0 Å². The summed E-state index contributed by atoms with van der Waals surface area (Å²) < 4.78 is 15.3. The monoisotopic (exact) mass is 423 g/mol. The summed E-state index contributed by atoms with van der Waals surface area (Å²) in [6, 6.07) is 11.8. The number of carbonyl (C=O) groups excluding carboxylic acids is 1. The van der Waals surface area contributed by atoms with E-state index in [1.807, 2.05) is 32.0 Å². The molecule has 0 radical (unpaired) electrons. The first-order valence-corrected chi connectivity index (χ1v) is 10.1. The standard InChI is InChI=1S/C21H18FN5O2S/c1-12-6-5-9-17(13(12)2)27-19-14(10-23-27)20(29)26-21(25-19)30-11-18(28)24-16-8-4-3-7-15(16)22/h3-10H,11H2,1-2H3,(H,24,28)(H,25,26,29). The molecule has 30 heavy (non-hydrogen) atoms. The first-order chi connectivity index (χ1) is 14.4. The molecule has 0 atom stereocenters. The average Bonchev–Trinajstić information content (AvgIpc) is 3.15. The molecule has 4 rings (SSSR count). The first-order valence-electron chi connectivity index (χ1n) is 9.16. The highest BCUT2D eigenvalue weighted by atomic mass is 32.2. The van der Waals surface area contributed by atoms with Crippen LogP contribution in [0.15, 0.2) is 58.6 Å². The zero-order chi connectivity index (χ0) is 21.3. The van der Waals surface area contributed by atoms with Crippen LogP contribution in [0.2, 0.25) is 0 Å². The van der Waals surface area contributed by atoms with Crippen LogP contribution >= 0.6 is 11.8 Å². The van der Waals surface area contributed by atoms with Crippen molar-refractivity contribution >= 4 is 34.4 Å². The summed E-state index contributed by atoms with van der Waals surface area (Å²) in [5.41, 5.74) is 3.13. The first kappa shape index (κ1) is 19.8. The smallest absolute Gasteiger partial charge is 0.262 e. The molecule has 0 aliphatic carbocycles. The number of nitrogens with one attached hydrogen (secondary N) is 2. The van der Waals surface area contributed by atoms with E-state index in [1.54, 1.807) is 16.8 Å². The number of hydrogen-bond acceptors (Lipinski definition) is 5. The molecule has 0 aliphatic heterocycles. The molecule has 7 nitrogen and oxygen atoms in total. The molecular formula is C21H18FN5O2S. The van der Waals surface area contributed by atoms with Gasteiger partial charge < -0.3 is 10.3 Å². The molecule has 2 aromatic heterocycles. The number of nitrogens with zero attached hydrogens (tertiary/aromatic N) is 3. The molecular weight excluding hydrogens is 405 g/mol. The number of aromatic amines is 1. The predicted molar refractivity (Wildman–Crippen MR) is 115 cm³/mol. The number of hydrogen-bond donors (Lipinski definition) is 2. The van der Waals surface area contributed by atoms with E-state index < -0.39 is 11.7 Å². The average molecular weight is 423 g/mol. The number of halogens is 1. The summed E-state index contributed by atoms with van der Waals surface area (Å²) >= 11 is 1.06. The van der Waals surface area contributed by atoms with E-state index in [9.17, 15) is 14.0 Å². The summed E-state index contributed by atoms with van der Waals surface area (Å²) in [5, 5.41) is 7.48. The lowest BCUT2D eigenvalue weighted by molar-refractivity contribution is -0.113. The Morgan fingerprint density at radius 1 is 1.20 bits per heavy atom. The van der Waals surface area contributed by atoms with Crippen LogP contribution in [0.3, 0.4) is 0 Å². The third-order valence-corrected chi connectivity index (χ3v) is 5.58. The second kappa shape index (κ2) is 8.11. The molecule has 0 saturated carbocycles. The molecule has 2 N–H and O–H groups in total. The number of benzene rings is 2. The van der Waals surface area contributed by atoms with Crippen LogP contribution in [0.1, 0.15) is 11.1 Å². The Morgan fingerprint density at radius 3 is 2.80 bits per heavy atom. The fourth-order valence-electron chi connectivity index (χ4n) is 2.99. The number of para-hydroxylation sites is 1. The van der Waals surface area contributed by atoms with Crippen LogP contribution in [0.5, 0.6) is 0 Å². The number of rotatable bonds is 5. The van der Waals surface area contributed by atoms with Crippen LogP contribution in [-0.2, 0) is 4.79 Å². The molecule has 0 bridgehead atoms. The van der Waals surface area contributed by atoms with Crippen LogP contribution in [0.4, 0.5) is 10.1 Å². The number of anilines is 1. The van der Waals surface area contributed by atoms with Gasteiger partial charge in [-0.05, 0) is 43.2 Å². The molecule has 1 amide bonds. The molecule has 9 heteroatoms. The normalized spacial score (nSPS) is 11.0. The number of H-pyrrole nitrogens is 1. The molecule has 4 aromatic rings. The van der Waals surface area contributed by atoms with Gasteiger partial charge in [0.25, 0.3) is 5.56 Å². The Labute approximate surface area is 175 Å². The number of fused-ring (bicyclic) bond motifs is 1. The third kappa shape index (κ3) is 3.84. The van der Waals surface area contributed by atoms with E-state index in [4.69, 9.17) is 0 Å². The number of carbonyl (C=O) groups is 1. The van der Waals surface area contributed by atoms with Crippen molar-refractivity contribution in [3.8, 4) is 5.69 Å². The van der Waals surface area contributed by atoms with E-state index in [-0.39, 0.29) is 22.2 Å². The van der Waals surface area contributed by atoms with Crippen molar-refractivity contribution in [1.82, 2.24) is 19.7 Å². The highest BCUT2D eigenvalue weighted by molar-refractivity contribution is 7.99. The van der Waals surface area contributed by atoms with Gasteiger partial charge in [-0.15, -0.1) is 0 Å². The van der Waals surface area contributed by atoms with Gasteiger partial charge in [0.15, 0.2) is 10.8 Å². The molecule has 2 aromatic carbocycles. The van der Waals surface area contributed by atoms with Crippen molar-refractivity contribution in [1.29, 1.82) is 0 Å². The van der Waals surface area contributed by atoms with Gasteiger partial charge in [0.2, 0.25) is 5.91 Å². The third-order valence-electron chi connectivity index (χ3n) is 4.71. The topological polar surface area (TPSA) is 92.7 Å². The van der Waals surface area contributed by atoms with Crippen molar-refractivity contribution in [2.75, 3.05) is 11.1 Å². The lowest BCUT2D eigenvalue weighted by Crippen LogP contribution is -2.16. The Morgan fingerprint density at radius 2 is 2.00 bits per heavy atom. The number of aromatic nitrogens is 4. The van der Waals surface area contributed by atoms with Crippen molar-refractivity contribution < 1.29 is 9.18 Å². The minimum absolute atomic E-state index is 0.0413. The SMILES string of the molecule is Cc1cccc(-n2ncc3c(=O)[nH]c(SCC(=O)Nc4ccccc4F)nc32)c1C. The predicted octanol–water partition coefficient (Wildman–Crippen LogP) is 3.60. The maximum absolute atomic E-state index is 13.7. The molecule has 0 saturated heterocycles. The van der Waals surface area contributed by atoms with Crippen LogP contribution in [0, 0.1) is 19.7 Å². The van der Waals surface area contributed by atoms with Crippen LogP contribution < -0.4 is 10.9 Å². The quantitative estimate of drug-likeness (QED) is 0.378. The zero-order valence-corrected chi connectivity index (χ0v) is 17.1. The van der Waals surface area contributed by atoms with Gasteiger partial charge in [-0.1, -0.05) is 36.0 Å². The van der Waals surface area contributed by atoms with Crippen LogP contribution in [-0.4, -0.2) is 31.4 Å². The molecule has 0 aliphatic rings. The Bertz CT molecular complexity index is 1310. The maximum atomic E-state index is 13.7. The van der Waals surface area contributed by atoms with Gasteiger partial charge in [-0.2, -0.15) is 5.10 Å². The van der Waals surface area contributed by atoms with Gasteiger partial charge in [0.05, 0.1) is 23.3 Å². The summed E-state index contributed by atoms with van der Waals surface area (Å²) in [5.74, 6) is -0.961. The second-order valence-electron chi connectivity index (χ2n) is 6.70. The summed E-state index contributed by atoms with van der Waals surface area (Å²) in [4.78, 5) is 31.8. The zero-order valence-electron chi connectivity index (χ0n) is 16.3. The number of aryl methyl sites for hydroxylation is 1. The van der Waals surface area contributed by atoms with Gasteiger partial charge >= 0.3 is 0 Å².